The summed E-state index contributed by atoms with van der Waals surface area (Å²) in [6.45, 7) is 2.07. The average Bonchev–Trinajstić information content (AvgIpc) is 2.68. The predicted octanol–water partition coefficient (Wildman–Crippen LogP) is 1.81. The van der Waals surface area contributed by atoms with Crippen LogP contribution in [0.25, 0.3) is 0 Å². The third-order valence-electron chi connectivity index (χ3n) is 1.82. The summed E-state index contributed by atoms with van der Waals surface area (Å²) in [6, 6.07) is 1.31. The lowest BCUT2D eigenvalue weighted by molar-refractivity contribution is 0.569. The van der Waals surface area contributed by atoms with Crippen LogP contribution in [0.5, 0.6) is 0 Å². The van der Waals surface area contributed by atoms with E-state index in [1.807, 2.05) is 0 Å². The Morgan fingerprint density at radius 1 is 1.73 bits per heavy atom. The van der Waals surface area contributed by atoms with Gasteiger partial charge in [0.15, 0.2) is 0 Å². The van der Waals surface area contributed by atoms with Gasteiger partial charge in [-0.3, -0.25) is 0 Å². The predicted molar refractivity (Wildman–Crippen MR) is 42.5 cm³/mol. The van der Waals surface area contributed by atoms with E-state index in [1.54, 1.807) is 6.26 Å². The van der Waals surface area contributed by atoms with Gasteiger partial charge in [-0.2, -0.15) is 4.98 Å². The molecule has 0 amide bonds. The van der Waals surface area contributed by atoms with Crippen LogP contribution >= 0.6 is 0 Å². The lowest BCUT2D eigenvalue weighted by Crippen LogP contribution is -2.00. The standard InChI is InChI=1S/C8H12N2O/c1-2-6-5-11-8(9-6)10-7-3-4-7/h5,7H,2-4H2,1H3,(H,9,10). The summed E-state index contributed by atoms with van der Waals surface area (Å²) in [7, 11) is 0. The molecule has 1 aromatic heterocycles. The number of aromatic nitrogens is 1. The summed E-state index contributed by atoms with van der Waals surface area (Å²) in [5, 5.41) is 3.19. The van der Waals surface area contributed by atoms with E-state index < -0.39 is 0 Å². The number of rotatable bonds is 3. The first-order valence-electron chi connectivity index (χ1n) is 4.09. The smallest absolute Gasteiger partial charge is 0.294 e. The molecule has 11 heavy (non-hydrogen) atoms. The first-order chi connectivity index (χ1) is 5.38. The van der Waals surface area contributed by atoms with Crippen LogP contribution in [-0.2, 0) is 6.42 Å². The van der Waals surface area contributed by atoms with E-state index in [2.05, 4.69) is 17.2 Å². The molecule has 0 bridgehead atoms. The molecule has 1 heterocycles. The van der Waals surface area contributed by atoms with Crippen LogP contribution in [0, 0.1) is 0 Å². The molecule has 1 aliphatic rings. The molecule has 0 aliphatic heterocycles. The Balaban J connectivity index is 1.99. The zero-order chi connectivity index (χ0) is 7.68. The van der Waals surface area contributed by atoms with Crippen LogP contribution in [0.4, 0.5) is 6.01 Å². The first-order valence-corrected chi connectivity index (χ1v) is 4.09. The molecule has 0 unspecified atom stereocenters. The Morgan fingerprint density at radius 3 is 3.09 bits per heavy atom. The van der Waals surface area contributed by atoms with Gasteiger partial charge in [0.1, 0.15) is 6.26 Å². The van der Waals surface area contributed by atoms with Crippen molar-refractivity contribution in [2.24, 2.45) is 0 Å². The Morgan fingerprint density at radius 2 is 2.55 bits per heavy atom. The highest BCUT2D eigenvalue weighted by Crippen LogP contribution is 2.23. The Kier molecular flexibility index (Phi) is 1.56. The molecule has 1 saturated carbocycles. The van der Waals surface area contributed by atoms with Crippen molar-refractivity contribution in [2.45, 2.75) is 32.2 Å². The molecular weight excluding hydrogens is 140 g/mol. The molecule has 2 rings (SSSR count). The van der Waals surface area contributed by atoms with Gasteiger partial charge in [-0.25, -0.2) is 0 Å². The van der Waals surface area contributed by atoms with Gasteiger partial charge in [0.25, 0.3) is 6.01 Å². The van der Waals surface area contributed by atoms with Gasteiger partial charge in [-0.05, 0) is 19.3 Å². The fraction of sp³-hybridized carbons (Fsp3) is 0.625. The van der Waals surface area contributed by atoms with E-state index in [9.17, 15) is 0 Å². The lowest BCUT2D eigenvalue weighted by Gasteiger charge is -1.93. The number of anilines is 1. The molecule has 1 N–H and O–H groups in total. The van der Waals surface area contributed by atoms with Crippen molar-refractivity contribution in [2.75, 3.05) is 5.32 Å². The maximum atomic E-state index is 5.18. The molecule has 1 fully saturated rings. The molecule has 0 aromatic carbocycles. The summed E-state index contributed by atoms with van der Waals surface area (Å²) >= 11 is 0. The summed E-state index contributed by atoms with van der Waals surface area (Å²) in [5.41, 5.74) is 1.02. The van der Waals surface area contributed by atoms with Crippen molar-refractivity contribution < 1.29 is 4.42 Å². The molecule has 3 heteroatoms. The minimum Gasteiger partial charge on any atom is -0.432 e. The Labute approximate surface area is 65.8 Å². The number of aryl methyl sites for hydroxylation is 1. The average molecular weight is 152 g/mol. The van der Waals surface area contributed by atoms with Gasteiger partial charge in [0, 0.05) is 6.04 Å². The van der Waals surface area contributed by atoms with Gasteiger partial charge >= 0.3 is 0 Å². The second-order valence-electron chi connectivity index (χ2n) is 2.92. The van der Waals surface area contributed by atoms with Gasteiger partial charge < -0.3 is 9.73 Å². The maximum absolute atomic E-state index is 5.18. The van der Waals surface area contributed by atoms with Crippen molar-refractivity contribution in [1.29, 1.82) is 0 Å². The van der Waals surface area contributed by atoms with E-state index in [1.165, 1.54) is 12.8 Å². The zero-order valence-corrected chi connectivity index (χ0v) is 6.63. The van der Waals surface area contributed by atoms with Crippen LogP contribution in [0.2, 0.25) is 0 Å². The Hall–Kier alpha value is -0.990. The summed E-state index contributed by atoms with van der Waals surface area (Å²) in [4.78, 5) is 4.23. The van der Waals surface area contributed by atoms with Crippen molar-refractivity contribution in [3.05, 3.63) is 12.0 Å². The normalized spacial score (nSPS) is 16.8. The highest BCUT2D eigenvalue weighted by molar-refractivity contribution is 5.25. The minimum atomic E-state index is 0.623. The van der Waals surface area contributed by atoms with Crippen LogP contribution in [0.1, 0.15) is 25.5 Å². The molecule has 0 saturated heterocycles. The Bertz CT molecular complexity index is 240. The summed E-state index contributed by atoms with van der Waals surface area (Å²) < 4.78 is 5.18. The van der Waals surface area contributed by atoms with Gasteiger partial charge in [0.05, 0.1) is 5.69 Å². The number of nitrogens with zero attached hydrogens (tertiary/aromatic N) is 1. The van der Waals surface area contributed by atoms with Gasteiger partial charge in [0.2, 0.25) is 0 Å². The summed E-state index contributed by atoms with van der Waals surface area (Å²) in [5.74, 6) is 0. The molecule has 0 spiro atoms. The largest absolute Gasteiger partial charge is 0.432 e. The quantitative estimate of drug-likeness (QED) is 0.717. The molecule has 3 nitrogen and oxygen atoms in total. The fourth-order valence-electron chi connectivity index (χ4n) is 0.938. The van der Waals surface area contributed by atoms with Crippen molar-refractivity contribution in [3.8, 4) is 0 Å². The molecular formula is C8H12N2O. The van der Waals surface area contributed by atoms with Crippen LogP contribution in [0.15, 0.2) is 10.7 Å². The highest BCUT2D eigenvalue weighted by Gasteiger charge is 2.22. The van der Waals surface area contributed by atoms with E-state index in [4.69, 9.17) is 4.42 Å². The van der Waals surface area contributed by atoms with E-state index in [0.717, 1.165) is 12.1 Å². The summed E-state index contributed by atoms with van der Waals surface area (Å²) in [6.07, 6.45) is 5.16. The van der Waals surface area contributed by atoms with E-state index in [0.29, 0.717) is 12.1 Å². The molecule has 60 valence electrons. The number of hydrogen-bond acceptors (Lipinski definition) is 3. The van der Waals surface area contributed by atoms with Crippen molar-refractivity contribution >= 4 is 6.01 Å². The van der Waals surface area contributed by atoms with Gasteiger partial charge in [-0.15, -0.1) is 0 Å². The topological polar surface area (TPSA) is 38.1 Å². The number of hydrogen-bond donors (Lipinski definition) is 1. The minimum absolute atomic E-state index is 0.623. The molecule has 0 radical (unpaired) electrons. The van der Waals surface area contributed by atoms with E-state index >= 15 is 0 Å². The van der Waals surface area contributed by atoms with Crippen molar-refractivity contribution in [1.82, 2.24) is 4.98 Å². The second kappa shape index (κ2) is 2.57. The lowest BCUT2D eigenvalue weighted by atomic mass is 10.4. The van der Waals surface area contributed by atoms with Crippen LogP contribution in [0.3, 0.4) is 0 Å². The third-order valence-corrected chi connectivity index (χ3v) is 1.82. The zero-order valence-electron chi connectivity index (χ0n) is 6.63. The molecule has 0 atom stereocenters. The SMILES string of the molecule is CCc1coc(NC2CC2)n1. The van der Waals surface area contributed by atoms with Crippen molar-refractivity contribution in [3.63, 3.8) is 0 Å². The molecule has 1 aliphatic carbocycles. The van der Waals surface area contributed by atoms with Crippen LogP contribution < -0.4 is 5.32 Å². The van der Waals surface area contributed by atoms with Gasteiger partial charge in [-0.1, -0.05) is 6.92 Å². The first kappa shape index (κ1) is 6.70. The molecule has 1 aromatic rings. The van der Waals surface area contributed by atoms with E-state index in [-0.39, 0.29) is 0 Å². The number of oxazole rings is 1. The maximum Gasteiger partial charge on any atom is 0.294 e. The highest BCUT2D eigenvalue weighted by atomic mass is 16.4. The fourth-order valence-corrected chi connectivity index (χ4v) is 0.938. The second-order valence-corrected chi connectivity index (χ2v) is 2.92. The van der Waals surface area contributed by atoms with Crippen LogP contribution in [-0.4, -0.2) is 11.0 Å². The monoisotopic (exact) mass is 152 g/mol. The number of nitrogens with one attached hydrogen (secondary N) is 1. The third kappa shape index (κ3) is 1.53.